The zero-order chi connectivity index (χ0) is 9.56. The SMILES string of the molecule is CC/C=C(\CCC)C(=O)C(C)C. The first-order valence-electron chi connectivity index (χ1n) is 4.86. The Morgan fingerprint density at radius 2 is 1.92 bits per heavy atom. The van der Waals surface area contributed by atoms with Crippen LogP contribution in [0.4, 0.5) is 0 Å². The number of carbonyl (C=O) groups is 1. The van der Waals surface area contributed by atoms with Crippen molar-refractivity contribution in [3.8, 4) is 0 Å². The Morgan fingerprint density at radius 3 is 2.25 bits per heavy atom. The van der Waals surface area contributed by atoms with Gasteiger partial charge in [0.15, 0.2) is 5.78 Å². The van der Waals surface area contributed by atoms with Crippen molar-refractivity contribution >= 4 is 5.78 Å². The van der Waals surface area contributed by atoms with Crippen molar-refractivity contribution in [2.45, 2.75) is 47.0 Å². The molecule has 0 aromatic carbocycles. The van der Waals surface area contributed by atoms with E-state index in [-0.39, 0.29) is 5.92 Å². The topological polar surface area (TPSA) is 17.1 Å². The van der Waals surface area contributed by atoms with Crippen molar-refractivity contribution in [1.82, 2.24) is 0 Å². The Labute approximate surface area is 75.9 Å². The Bertz CT molecular complexity index is 166. The maximum Gasteiger partial charge on any atom is 0.161 e. The first-order valence-corrected chi connectivity index (χ1v) is 4.86. The van der Waals surface area contributed by atoms with E-state index >= 15 is 0 Å². The van der Waals surface area contributed by atoms with Crippen LogP contribution in [-0.2, 0) is 4.79 Å². The number of ketones is 1. The molecule has 12 heavy (non-hydrogen) atoms. The van der Waals surface area contributed by atoms with Crippen LogP contribution in [0.3, 0.4) is 0 Å². The first-order chi connectivity index (χ1) is 5.63. The lowest BCUT2D eigenvalue weighted by atomic mass is 9.97. The summed E-state index contributed by atoms with van der Waals surface area (Å²) in [6.45, 7) is 8.10. The molecular formula is C11H20O. The Kier molecular flexibility index (Phi) is 5.69. The molecule has 1 nitrogen and oxygen atoms in total. The lowest BCUT2D eigenvalue weighted by Crippen LogP contribution is -2.10. The third kappa shape index (κ3) is 3.70. The Hall–Kier alpha value is -0.590. The molecule has 0 bridgehead atoms. The fraction of sp³-hybridized carbons (Fsp3) is 0.727. The van der Waals surface area contributed by atoms with E-state index in [0.717, 1.165) is 24.8 Å². The van der Waals surface area contributed by atoms with Crippen molar-refractivity contribution < 1.29 is 4.79 Å². The van der Waals surface area contributed by atoms with Crippen molar-refractivity contribution in [3.05, 3.63) is 11.6 Å². The highest BCUT2D eigenvalue weighted by Crippen LogP contribution is 2.12. The van der Waals surface area contributed by atoms with Gasteiger partial charge in [-0.25, -0.2) is 0 Å². The van der Waals surface area contributed by atoms with Crippen molar-refractivity contribution in [3.63, 3.8) is 0 Å². The average Bonchev–Trinajstić information content (AvgIpc) is 2.03. The summed E-state index contributed by atoms with van der Waals surface area (Å²) in [5.74, 6) is 0.466. The van der Waals surface area contributed by atoms with Gasteiger partial charge in [0.05, 0.1) is 0 Å². The summed E-state index contributed by atoms with van der Waals surface area (Å²) in [7, 11) is 0. The fourth-order valence-corrected chi connectivity index (χ4v) is 1.21. The second kappa shape index (κ2) is 5.99. The molecule has 0 aromatic heterocycles. The maximum absolute atomic E-state index is 11.6. The highest BCUT2D eigenvalue weighted by atomic mass is 16.1. The molecule has 0 fully saturated rings. The van der Waals surface area contributed by atoms with E-state index < -0.39 is 0 Å². The second-order valence-corrected chi connectivity index (χ2v) is 3.41. The van der Waals surface area contributed by atoms with E-state index in [1.165, 1.54) is 0 Å². The summed E-state index contributed by atoms with van der Waals surface area (Å²) in [6, 6.07) is 0. The summed E-state index contributed by atoms with van der Waals surface area (Å²) in [4.78, 5) is 11.6. The molecule has 0 unspecified atom stereocenters. The Morgan fingerprint density at radius 1 is 1.33 bits per heavy atom. The molecule has 0 saturated carbocycles. The molecule has 0 aliphatic heterocycles. The third-order valence-electron chi connectivity index (χ3n) is 1.81. The second-order valence-electron chi connectivity index (χ2n) is 3.41. The summed E-state index contributed by atoms with van der Waals surface area (Å²) >= 11 is 0. The van der Waals surface area contributed by atoms with Gasteiger partial charge in [0.2, 0.25) is 0 Å². The van der Waals surface area contributed by atoms with Crippen LogP contribution in [0.1, 0.15) is 47.0 Å². The van der Waals surface area contributed by atoms with Crippen LogP contribution in [0.15, 0.2) is 11.6 Å². The van der Waals surface area contributed by atoms with Crippen LogP contribution < -0.4 is 0 Å². The van der Waals surface area contributed by atoms with Gasteiger partial charge in [0.25, 0.3) is 0 Å². The molecule has 0 aliphatic rings. The molecule has 0 saturated heterocycles. The molecular weight excluding hydrogens is 148 g/mol. The van der Waals surface area contributed by atoms with E-state index in [0.29, 0.717) is 5.78 Å². The molecule has 0 spiro atoms. The molecule has 0 aliphatic carbocycles. The van der Waals surface area contributed by atoms with Gasteiger partial charge in [0, 0.05) is 5.92 Å². The zero-order valence-electron chi connectivity index (χ0n) is 8.68. The van der Waals surface area contributed by atoms with Gasteiger partial charge < -0.3 is 0 Å². The summed E-state index contributed by atoms with van der Waals surface area (Å²) in [6.07, 6.45) is 5.02. The number of hydrogen-bond donors (Lipinski definition) is 0. The Balaban J connectivity index is 4.30. The summed E-state index contributed by atoms with van der Waals surface area (Å²) in [5.41, 5.74) is 1.02. The number of allylic oxidation sites excluding steroid dienone is 2. The van der Waals surface area contributed by atoms with Gasteiger partial charge in [-0.05, 0) is 18.4 Å². The molecule has 0 radical (unpaired) electrons. The van der Waals surface area contributed by atoms with Gasteiger partial charge in [0.1, 0.15) is 0 Å². The third-order valence-corrected chi connectivity index (χ3v) is 1.81. The van der Waals surface area contributed by atoms with E-state index in [9.17, 15) is 4.79 Å². The van der Waals surface area contributed by atoms with E-state index in [1.807, 2.05) is 13.8 Å². The zero-order valence-corrected chi connectivity index (χ0v) is 8.68. The molecule has 0 rings (SSSR count). The van der Waals surface area contributed by atoms with Gasteiger partial charge in [-0.1, -0.05) is 40.2 Å². The summed E-state index contributed by atoms with van der Waals surface area (Å²) in [5, 5.41) is 0. The van der Waals surface area contributed by atoms with E-state index in [2.05, 4.69) is 19.9 Å². The predicted octanol–water partition coefficient (Wildman–Crippen LogP) is 3.35. The molecule has 0 atom stereocenters. The normalized spacial score (nSPS) is 12.2. The van der Waals surface area contributed by atoms with Gasteiger partial charge in [-0.3, -0.25) is 4.79 Å². The number of Topliss-reactive ketones (excluding diaryl/α,β-unsaturated/α-hetero) is 1. The smallest absolute Gasteiger partial charge is 0.161 e. The predicted molar refractivity (Wildman–Crippen MR) is 53.1 cm³/mol. The molecule has 1 heteroatoms. The highest BCUT2D eigenvalue weighted by Gasteiger charge is 2.11. The van der Waals surface area contributed by atoms with Crippen molar-refractivity contribution in [2.75, 3.05) is 0 Å². The lowest BCUT2D eigenvalue weighted by molar-refractivity contribution is -0.118. The van der Waals surface area contributed by atoms with Crippen LogP contribution in [0.25, 0.3) is 0 Å². The molecule has 0 heterocycles. The maximum atomic E-state index is 11.6. The monoisotopic (exact) mass is 168 g/mol. The summed E-state index contributed by atoms with van der Waals surface area (Å²) < 4.78 is 0. The minimum absolute atomic E-state index is 0.148. The van der Waals surface area contributed by atoms with E-state index in [4.69, 9.17) is 0 Å². The van der Waals surface area contributed by atoms with Crippen LogP contribution in [0.2, 0.25) is 0 Å². The minimum atomic E-state index is 0.148. The highest BCUT2D eigenvalue weighted by molar-refractivity contribution is 5.96. The van der Waals surface area contributed by atoms with Gasteiger partial charge >= 0.3 is 0 Å². The average molecular weight is 168 g/mol. The number of carbonyl (C=O) groups excluding carboxylic acids is 1. The molecule has 0 aromatic rings. The lowest BCUT2D eigenvalue weighted by Gasteiger charge is -2.07. The van der Waals surface area contributed by atoms with Crippen LogP contribution in [0.5, 0.6) is 0 Å². The minimum Gasteiger partial charge on any atom is -0.294 e. The molecule has 0 N–H and O–H groups in total. The standard InChI is InChI=1S/C11H20O/c1-5-7-10(8-6-2)11(12)9(3)4/h7,9H,5-6,8H2,1-4H3/b10-7+. The van der Waals surface area contributed by atoms with Gasteiger partial charge in [-0.15, -0.1) is 0 Å². The molecule has 0 amide bonds. The molecule has 70 valence electrons. The number of rotatable bonds is 5. The van der Waals surface area contributed by atoms with Crippen LogP contribution >= 0.6 is 0 Å². The van der Waals surface area contributed by atoms with Crippen molar-refractivity contribution in [1.29, 1.82) is 0 Å². The van der Waals surface area contributed by atoms with Crippen molar-refractivity contribution in [2.24, 2.45) is 5.92 Å². The van der Waals surface area contributed by atoms with E-state index in [1.54, 1.807) is 0 Å². The largest absolute Gasteiger partial charge is 0.294 e. The number of hydrogen-bond acceptors (Lipinski definition) is 1. The first kappa shape index (κ1) is 11.4. The quantitative estimate of drug-likeness (QED) is 0.575. The van der Waals surface area contributed by atoms with Gasteiger partial charge in [-0.2, -0.15) is 0 Å². The van der Waals surface area contributed by atoms with Crippen LogP contribution in [-0.4, -0.2) is 5.78 Å². The fourth-order valence-electron chi connectivity index (χ4n) is 1.21. The van der Waals surface area contributed by atoms with Crippen LogP contribution in [0, 0.1) is 5.92 Å².